The summed E-state index contributed by atoms with van der Waals surface area (Å²) in [5, 5.41) is 16.1. The van der Waals surface area contributed by atoms with Crippen LogP contribution in [-0.4, -0.2) is 64.7 Å². The van der Waals surface area contributed by atoms with Crippen molar-refractivity contribution in [3.05, 3.63) is 29.3 Å². The number of carbonyl (C=O) groups excluding carboxylic acids is 3. The molecule has 3 amide bonds. The highest BCUT2D eigenvalue weighted by Gasteiger charge is 2.80. The third-order valence-corrected chi connectivity index (χ3v) is 8.30. The van der Waals surface area contributed by atoms with E-state index in [1.807, 2.05) is 27.7 Å². The number of ether oxygens (including phenoxy) is 1. The summed E-state index contributed by atoms with van der Waals surface area (Å²) in [6.45, 7) is 7.32. The Morgan fingerprint density at radius 1 is 1.30 bits per heavy atom. The van der Waals surface area contributed by atoms with Gasteiger partial charge in [-0.2, -0.15) is 0 Å². The molecule has 7 atom stereocenters. The Bertz CT molecular complexity index is 987. The zero-order valence-electron chi connectivity index (χ0n) is 19.6. The summed E-state index contributed by atoms with van der Waals surface area (Å²) in [6.07, 6.45) is 0.459. The zero-order valence-corrected chi connectivity index (χ0v) is 20.3. The van der Waals surface area contributed by atoms with Crippen LogP contribution in [0.3, 0.4) is 0 Å². The molecule has 0 aliphatic carbocycles. The highest BCUT2D eigenvalue weighted by Crippen LogP contribution is 2.65. The van der Waals surface area contributed by atoms with Crippen molar-refractivity contribution in [3.63, 3.8) is 0 Å². The third-order valence-electron chi connectivity index (χ3n) is 7.98. The number of carbonyl (C=O) groups is 3. The molecule has 1 aromatic carbocycles. The molecule has 9 heteroatoms. The van der Waals surface area contributed by atoms with E-state index >= 15 is 0 Å². The number of likely N-dealkylation sites (tertiary alicyclic amines) is 1. The fraction of sp³-hybridized carbons (Fsp3) is 0.625. The zero-order chi connectivity index (χ0) is 24.3. The van der Waals surface area contributed by atoms with E-state index in [9.17, 15) is 19.5 Å². The van der Waals surface area contributed by atoms with Crippen LogP contribution in [-0.2, 0) is 19.1 Å². The fourth-order valence-electron chi connectivity index (χ4n) is 6.27. The second-order valence-electron chi connectivity index (χ2n) is 10.0. The number of nitrogens with one attached hydrogen (secondary N) is 2. The summed E-state index contributed by atoms with van der Waals surface area (Å²) in [4.78, 5) is 42.2. The Labute approximate surface area is 199 Å². The summed E-state index contributed by atoms with van der Waals surface area (Å²) in [5.74, 6) is -2.75. The van der Waals surface area contributed by atoms with E-state index in [2.05, 4.69) is 10.6 Å². The van der Waals surface area contributed by atoms with E-state index < -0.39 is 41.0 Å². The van der Waals surface area contributed by atoms with Crippen LogP contribution in [0.2, 0.25) is 5.02 Å². The van der Waals surface area contributed by atoms with E-state index in [0.29, 0.717) is 17.1 Å². The molecular weight excluding hydrogens is 446 g/mol. The topological polar surface area (TPSA) is 108 Å². The number of halogens is 1. The number of fused-ring (bicyclic) bond motifs is 1. The molecular formula is C24H32ClN3O5. The quantitative estimate of drug-likeness (QED) is 0.581. The Balaban J connectivity index is 1.84. The van der Waals surface area contributed by atoms with Gasteiger partial charge in [-0.15, -0.1) is 0 Å². The van der Waals surface area contributed by atoms with Crippen molar-refractivity contribution in [1.82, 2.24) is 10.2 Å². The maximum Gasteiger partial charge on any atom is 0.250 e. The van der Waals surface area contributed by atoms with E-state index in [-0.39, 0.29) is 30.3 Å². The number of nitrogens with zero attached hydrogens (tertiary/aromatic N) is 1. The highest BCUT2D eigenvalue weighted by atomic mass is 35.5. The van der Waals surface area contributed by atoms with Gasteiger partial charge in [-0.05, 0) is 37.3 Å². The standard InChI is InChI=1S/C24H32ClN3O5/c1-12(2)16(11-29)28-19(21(31)27-15-9-7-6-8-14(15)25)24-10-13(3)23(4,33-24)17(20(30)26-5)18(24)22(28)32/h6-9,12-13,16-19,29H,10-11H2,1-5H3,(H,26,30)(H,27,31)/t13?,16-,17-,18-,19?,23+,24?/m0/s1. The summed E-state index contributed by atoms with van der Waals surface area (Å²) >= 11 is 6.28. The maximum atomic E-state index is 13.9. The molecule has 1 spiro atoms. The van der Waals surface area contributed by atoms with Gasteiger partial charge in [-0.25, -0.2) is 0 Å². The number of aliphatic hydroxyl groups excluding tert-OH is 1. The largest absolute Gasteiger partial charge is 0.394 e. The van der Waals surface area contributed by atoms with Crippen LogP contribution in [0.4, 0.5) is 5.69 Å². The Morgan fingerprint density at radius 2 is 1.97 bits per heavy atom. The maximum absolute atomic E-state index is 13.9. The van der Waals surface area contributed by atoms with Crippen LogP contribution in [0.1, 0.15) is 34.1 Å². The number of hydrogen-bond acceptors (Lipinski definition) is 5. The minimum absolute atomic E-state index is 0.0500. The highest BCUT2D eigenvalue weighted by molar-refractivity contribution is 6.33. The van der Waals surface area contributed by atoms with E-state index in [1.165, 1.54) is 4.90 Å². The van der Waals surface area contributed by atoms with Crippen molar-refractivity contribution in [1.29, 1.82) is 0 Å². The summed E-state index contributed by atoms with van der Waals surface area (Å²) in [7, 11) is 1.54. The van der Waals surface area contributed by atoms with Gasteiger partial charge in [0.2, 0.25) is 17.7 Å². The predicted octanol–water partition coefficient (Wildman–Crippen LogP) is 2.05. The molecule has 0 saturated carbocycles. The molecule has 3 aliphatic rings. The van der Waals surface area contributed by atoms with Crippen LogP contribution >= 0.6 is 11.6 Å². The van der Waals surface area contributed by atoms with Crippen molar-refractivity contribution < 1.29 is 24.2 Å². The van der Waals surface area contributed by atoms with Gasteiger partial charge in [0.1, 0.15) is 11.6 Å². The summed E-state index contributed by atoms with van der Waals surface area (Å²) < 4.78 is 6.60. The van der Waals surface area contributed by atoms with Crippen LogP contribution in [0.5, 0.6) is 0 Å². The molecule has 8 nitrogen and oxygen atoms in total. The van der Waals surface area contributed by atoms with Gasteiger partial charge in [0, 0.05) is 7.05 Å². The van der Waals surface area contributed by atoms with Gasteiger partial charge in [0.05, 0.1) is 40.8 Å². The van der Waals surface area contributed by atoms with Gasteiger partial charge >= 0.3 is 0 Å². The first kappa shape index (κ1) is 24.0. The lowest BCUT2D eigenvalue weighted by Gasteiger charge is -2.38. The van der Waals surface area contributed by atoms with E-state index in [1.54, 1.807) is 31.3 Å². The van der Waals surface area contributed by atoms with E-state index in [4.69, 9.17) is 16.3 Å². The average molecular weight is 478 g/mol. The molecule has 3 N–H and O–H groups in total. The molecule has 33 heavy (non-hydrogen) atoms. The first-order valence-electron chi connectivity index (χ1n) is 11.4. The summed E-state index contributed by atoms with van der Waals surface area (Å²) in [5.41, 5.74) is -1.62. The first-order chi connectivity index (χ1) is 15.5. The molecule has 2 bridgehead atoms. The normalized spacial score (nSPS) is 35.6. The number of para-hydroxylation sites is 1. The molecule has 3 saturated heterocycles. The lowest BCUT2D eigenvalue weighted by molar-refractivity contribution is -0.150. The monoisotopic (exact) mass is 477 g/mol. The molecule has 3 aliphatic heterocycles. The molecule has 0 radical (unpaired) electrons. The molecule has 1 aromatic rings. The molecule has 3 fully saturated rings. The second kappa shape index (κ2) is 8.25. The Hall–Kier alpha value is -2.16. The van der Waals surface area contributed by atoms with Gasteiger partial charge in [-0.3, -0.25) is 14.4 Å². The Morgan fingerprint density at radius 3 is 2.55 bits per heavy atom. The number of amides is 3. The van der Waals surface area contributed by atoms with Crippen LogP contribution < -0.4 is 10.6 Å². The van der Waals surface area contributed by atoms with Crippen molar-refractivity contribution in [2.45, 2.75) is 57.4 Å². The smallest absolute Gasteiger partial charge is 0.250 e. The number of anilines is 1. The lowest BCUT2D eigenvalue weighted by Crippen LogP contribution is -2.57. The number of hydrogen-bond donors (Lipinski definition) is 3. The van der Waals surface area contributed by atoms with Gasteiger partial charge < -0.3 is 25.4 Å². The number of rotatable bonds is 6. The number of benzene rings is 1. The van der Waals surface area contributed by atoms with Crippen LogP contribution in [0.15, 0.2) is 24.3 Å². The van der Waals surface area contributed by atoms with Gasteiger partial charge in [0.15, 0.2) is 0 Å². The van der Waals surface area contributed by atoms with Gasteiger partial charge in [0.25, 0.3) is 0 Å². The Kier molecular flexibility index (Phi) is 6.00. The van der Waals surface area contributed by atoms with Gasteiger partial charge in [-0.1, -0.05) is 44.5 Å². The molecule has 180 valence electrons. The second-order valence-corrected chi connectivity index (χ2v) is 10.4. The minimum atomic E-state index is -1.17. The number of aliphatic hydroxyl groups is 1. The molecule has 0 aromatic heterocycles. The van der Waals surface area contributed by atoms with Crippen LogP contribution in [0.25, 0.3) is 0 Å². The van der Waals surface area contributed by atoms with E-state index in [0.717, 1.165) is 0 Å². The average Bonchev–Trinajstić information content (AvgIpc) is 3.27. The third kappa shape index (κ3) is 3.29. The minimum Gasteiger partial charge on any atom is -0.394 e. The molecule has 3 unspecified atom stereocenters. The van der Waals surface area contributed by atoms with Crippen molar-refractivity contribution in [2.75, 3.05) is 19.0 Å². The molecule has 3 heterocycles. The molecule has 4 rings (SSSR count). The lowest BCUT2D eigenvalue weighted by atomic mass is 9.62. The van der Waals surface area contributed by atoms with Crippen LogP contribution in [0, 0.1) is 23.7 Å². The first-order valence-corrected chi connectivity index (χ1v) is 11.8. The SMILES string of the molecule is CNC(=O)[C@@H]1[C@H]2C(=O)N([C@@H](CO)C(C)C)C(C(=O)Nc3ccccc3Cl)C23CC(C)[C@@]1(C)O3. The summed E-state index contributed by atoms with van der Waals surface area (Å²) in [6, 6.07) is 5.26. The van der Waals surface area contributed by atoms with Crippen molar-refractivity contribution in [2.24, 2.45) is 23.7 Å². The fourth-order valence-corrected chi connectivity index (χ4v) is 6.46. The predicted molar refractivity (Wildman–Crippen MR) is 123 cm³/mol. The van der Waals surface area contributed by atoms with Crippen molar-refractivity contribution in [3.8, 4) is 0 Å². The van der Waals surface area contributed by atoms with Crippen molar-refractivity contribution >= 4 is 35.0 Å².